The van der Waals surface area contributed by atoms with E-state index < -0.39 is 0 Å². The normalized spacial score (nSPS) is 10.5. The van der Waals surface area contributed by atoms with Gasteiger partial charge in [-0.15, -0.1) is 0 Å². The maximum atomic E-state index is 12.1. The van der Waals surface area contributed by atoms with Crippen LogP contribution in [0, 0.1) is 13.8 Å². The third-order valence-corrected chi connectivity index (χ3v) is 4.18. The minimum atomic E-state index is -0.125. The van der Waals surface area contributed by atoms with Crippen molar-refractivity contribution in [1.82, 2.24) is 0 Å². The van der Waals surface area contributed by atoms with E-state index in [0.717, 1.165) is 11.1 Å². The van der Waals surface area contributed by atoms with Crippen molar-refractivity contribution in [3.05, 3.63) is 62.1 Å². The zero-order valence-corrected chi connectivity index (χ0v) is 13.8. The molecule has 2 aromatic rings. The Balaban J connectivity index is 2.11. The van der Waals surface area contributed by atoms with Gasteiger partial charge in [0.1, 0.15) is 5.75 Å². The van der Waals surface area contributed by atoms with E-state index in [4.69, 9.17) is 39.5 Å². The molecule has 0 aromatic heterocycles. The maximum absolute atomic E-state index is 12.1. The van der Waals surface area contributed by atoms with E-state index in [2.05, 4.69) is 0 Å². The number of ketones is 1. The summed E-state index contributed by atoms with van der Waals surface area (Å²) in [5.74, 6) is 0.212. The molecular weight excluding hydrogens is 331 g/mol. The van der Waals surface area contributed by atoms with Crippen molar-refractivity contribution in [3.63, 3.8) is 0 Å². The number of hydrogen-bond donors (Lipinski definition) is 0. The highest BCUT2D eigenvalue weighted by molar-refractivity contribution is 6.43. The quantitative estimate of drug-likeness (QED) is 0.539. The van der Waals surface area contributed by atoms with Crippen LogP contribution in [0.2, 0.25) is 15.1 Å². The van der Waals surface area contributed by atoms with Gasteiger partial charge in [0.2, 0.25) is 0 Å². The number of halogens is 3. The molecule has 0 heterocycles. The van der Waals surface area contributed by atoms with Gasteiger partial charge in [-0.25, -0.2) is 0 Å². The minimum absolute atomic E-state index is 0.111. The largest absolute Gasteiger partial charge is 0.484 e. The monoisotopic (exact) mass is 342 g/mol. The smallest absolute Gasteiger partial charge is 0.200 e. The summed E-state index contributed by atoms with van der Waals surface area (Å²) in [5, 5.41) is 0.987. The Morgan fingerprint density at radius 2 is 1.62 bits per heavy atom. The lowest BCUT2D eigenvalue weighted by Gasteiger charge is -2.09. The Kier molecular flexibility index (Phi) is 5.15. The summed E-state index contributed by atoms with van der Waals surface area (Å²) in [4.78, 5) is 12.1. The summed E-state index contributed by atoms with van der Waals surface area (Å²) in [5.41, 5.74) is 2.81. The van der Waals surface area contributed by atoms with Crippen LogP contribution >= 0.6 is 34.8 Å². The molecule has 2 aromatic carbocycles. The van der Waals surface area contributed by atoms with Gasteiger partial charge < -0.3 is 4.74 Å². The summed E-state index contributed by atoms with van der Waals surface area (Å²) in [6.45, 7) is 3.85. The molecule has 0 fully saturated rings. The number of ether oxygens (including phenoxy) is 1. The molecule has 0 unspecified atom stereocenters. The van der Waals surface area contributed by atoms with Crippen LogP contribution in [0.15, 0.2) is 30.3 Å². The second-order valence-corrected chi connectivity index (χ2v) is 5.93. The van der Waals surface area contributed by atoms with E-state index in [9.17, 15) is 4.79 Å². The van der Waals surface area contributed by atoms with Crippen molar-refractivity contribution in [2.45, 2.75) is 13.8 Å². The van der Waals surface area contributed by atoms with Gasteiger partial charge >= 0.3 is 0 Å². The topological polar surface area (TPSA) is 26.3 Å². The van der Waals surface area contributed by atoms with Crippen LogP contribution < -0.4 is 4.74 Å². The van der Waals surface area contributed by atoms with Crippen molar-refractivity contribution in [2.24, 2.45) is 0 Å². The highest BCUT2D eigenvalue weighted by Gasteiger charge is 2.11. The number of aryl methyl sites for hydroxylation is 2. The van der Waals surface area contributed by atoms with Crippen LogP contribution in [0.4, 0.5) is 0 Å². The highest BCUT2D eigenvalue weighted by Crippen LogP contribution is 2.33. The summed E-state index contributed by atoms with van der Waals surface area (Å²) in [6.07, 6.45) is 0. The molecule has 5 heteroatoms. The predicted molar refractivity (Wildman–Crippen MR) is 87.2 cm³/mol. The molecule has 21 heavy (non-hydrogen) atoms. The van der Waals surface area contributed by atoms with Crippen LogP contribution in [0.3, 0.4) is 0 Å². The van der Waals surface area contributed by atoms with Gasteiger partial charge in [0.05, 0.1) is 15.1 Å². The first-order chi connectivity index (χ1) is 9.88. The third-order valence-electron chi connectivity index (χ3n) is 3.16. The zero-order chi connectivity index (χ0) is 15.6. The fourth-order valence-corrected chi connectivity index (χ4v) is 2.35. The minimum Gasteiger partial charge on any atom is -0.484 e. The third kappa shape index (κ3) is 3.91. The molecule has 0 saturated heterocycles. The Morgan fingerprint density at radius 1 is 0.952 bits per heavy atom. The molecule has 110 valence electrons. The fourth-order valence-electron chi connectivity index (χ4n) is 1.76. The second kappa shape index (κ2) is 6.69. The fraction of sp³-hybridized carbons (Fsp3) is 0.188. The van der Waals surface area contributed by atoms with Gasteiger partial charge in [-0.3, -0.25) is 4.79 Å². The Labute approximate surface area is 138 Å². The van der Waals surface area contributed by atoms with Crippen molar-refractivity contribution >= 4 is 40.6 Å². The number of rotatable bonds is 4. The molecular formula is C16H13Cl3O2. The zero-order valence-electron chi connectivity index (χ0n) is 11.5. The van der Waals surface area contributed by atoms with Crippen molar-refractivity contribution in [3.8, 4) is 5.75 Å². The van der Waals surface area contributed by atoms with Gasteiger partial charge in [0.25, 0.3) is 0 Å². The lowest BCUT2D eigenvalue weighted by Crippen LogP contribution is -2.12. The molecule has 0 saturated carbocycles. The van der Waals surface area contributed by atoms with E-state index in [1.165, 1.54) is 12.1 Å². The molecule has 0 aliphatic rings. The first kappa shape index (κ1) is 16.2. The first-order valence-electron chi connectivity index (χ1n) is 6.26. The summed E-state index contributed by atoms with van der Waals surface area (Å²) in [7, 11) is 0. The van der Waals surface area contributed by atoms with Gasteiger partial charge in [-0.1, -0.05) is 46.9 Å². The van der Waals surface area contributed by atoms with E-state index in [1.807, 2.05) is 26.0 Å². The van der Waals surface area contributed by atoms with E-state index in [-0.39, 0.29) is 12.4 Å². The van der Waals surface area contributed by atoms with E-state index in [1.54, 1.807) is 6.07 Å². The van der Waals surface area contributed by atoms with Crippen LogP contribution in [-0.2, 0) is 0 Å². The van der Waals surface area contributed by atoms with E-state index in [0.29, 0.717) is 26.4 Å². The molecule has 0 atom stereocenters. The van der Waals surface area contributed by atoms with Crippen LogP contribution in [0.25, 0.3) is 0 Å². The molecule has 0 spiro atoms. The number of carbonyl (C=O) groups excluding carboxylic acids is 1. The van der Waals surface area contributed by atoms with Crippen LogP contribution in [0.1, 0.15) is 21.5 Å². The molecule has 0 aliphatic carbocycles. The van der Waals surface area contributed by atoms with Crippen molar-refractivity contribution in [2.75, 3.05) is 6.61 Å². The van der Waals surface area contributed by atoms with Crippen molar-refractivity contribution in [1.29, 1.82) is 0 Å². The lowest BCUT2D eigenvalue weighted by molar-refractivity contribution is 0.0921. The predicted octanol–water partition coefficient (Wildman–Crippen LogP) is 5.53. The molecule has 0 N–H and O–H groups in total. The van der Waals surface area contributed by atoms with Crippen LogP contribution in [0.5, 0.6) is 5.75 Å². The molecule has 0 bridgehead atoms. The van der Waals surface area contributed by atoms with Crippen LogP contribution in [-0.4, -0.2) is 12.4 Å². The van der Waals surface area contributed by atoms with Gasteiger partial charge in [-0.2, -0.15) is 0 Å². The van der Waals surface area contributed by atoms with Gasteiger partial charge in [-0.05, 0) is 37.1 Å². The average molecular weight is 344 g/mol. The molecule has 0 radical (unpaired) electrons. The van der Waals surface area contributed by atoms with Gasteiger partial charge in [0.15, 0.2) is 12.4 Å². The van der Waals surface area contributed by atoms with E-state index >= 15 is 0 Å². The molecule has 2 nitrogen and oxygen atoms in total. The highest BCUT2D eigenvalue weighted by atomic mass is 35.5. The summed E-state index contributed by atoms with van der Waals surface area (Å²) in [6, 6.07) is 8.53. The SMILES string of the molecule is Cc1ccc(C(=O)COc2cc(Cl)c(Cl)cc2Cl)cc1C. The molecule has 0 aliphatic heterocycles. The second-order valence-electron chi connectivity index (χ2n) is 4.71. The van der Waals surface area contributed by atoms with Gasteiger partial charge in [0, 0.05) is 11.6 Å². The molecule has 2 rings (SSSR count). The standard InChI is InChI=1S/C16H13Cl3O2/c1-9-3-4-11(5-10(9)2)15(20)8-21-16-7-13(18)12(17)6-14(16)19/h3-7H,8H2,1-2H3. The first-order valence-corrected chi connectivity index (χ1v) is 7.39. The van der Waals surface area contributed by atoms with Crippen molar-refractivity contribution < 1.29 is 9.53 Å². The Bertz CT molecular complexity index is 696. The summed E-state index contributed by atoms with van der Waals surface area (Å²) >= 11 is 17.7. The number of benzene rings is 2. The average Bonchev–Trinajstić information content (AvgIpc) is 2.44. The number of Topliss-reactive ketones (excluding diaryl/α,β-unsaturated/α-hetero) is 1. The number of hydrogen-bond acceptors (Lipinski definition) is 2. The summed E-state index contributed by atoms with van der Waals surface area (Å²) < 4.78 is 5.43. The Morgan fingerprint density at radius 3 is 2.29 bits per heavy atom. The Hall–Kier alpha value is -1.22. The maximum Gasteiger partial charge on any atom is 0.200 e. The molecule has 0 amide bonds. The lowest BCUT2D eigenvalue weighted by atomic mass is 10.0. The number of carbonyl (C=O) groups is 1.